The van der Waals surface area contributed by atoms with Crippen molar-refractivity contribution in [2.45, 2.75) is 35.7 Å². The monoisotopic (exact) mass is 463 g/mol. The maximum Gasteiger partial charge on any atom is 0.270 e. The molecule has 0 bridgehead atoms. The molecule has 3 heterocycles. The van der Waals surface area contributed by atoms with Gasteiger partial charge in [0.15, 0.2) is 5.56 Å². The molecule has 0 unspecified atom stereocenters. The second-order valence-corrected chi connectivity index (χ2v) is 8.32. The van der Waals surface area contributed by atoms with Crippen LogP contribution in [0.5, 0.6) is 5.88 Å². The molecular formula is C19H15Cl2N5O3S. The Morgan fingerprint density at radius 2 is 2.03 bits per heavy atom. The van der Waals surface area contributed by atoms with Crippen molar-refractivity contribution in [2.24, 2.45) is 0 Å². The highest BCUT2D eigenvalue weighted by molar-refractivity contribution is 7.99. The lowest BCUT2D eigenvalue weighted by Crippen LogP contribution is -2.34. The molecule has 1 aromatic carbocycles. The average Bonchev–Trinajstić information content (AvgIpc) is 2.72. The second-order valence-electron chi connectivity index (χ2n) is 6.49. The number of nitrogens with zero attached hydrogens (tertiary/aromatic N) is 4. The summed E-state index contributed by atoms with van der Waals surface area (Å²) in [7, 11) is 0. The summed E-state index contributed by atoms with van der Waals surface area (Å²) in [6.45, 7) is 0.469. The number of carbonyl (C=O) groups is 1. The number of hydrogen-bond donors (Lipinski definition) is 2. The van der Waals surface area contributed by atoms with Crippen molar-refractivity contribution in [2.75, 3.05) is 5.32 Å². The van der Waals surface area contributed by atoms with E-state index in [-0.39, 0.29) is 15.9 Å². The number of aromatic nitrogens is 4. The number of amides is 1. The number of benzene rings is 1. The minimum Gasteiger partial charge on any atom is -0.493 e. The van der Waals surface area contributed by atoms with E-state index >= 15 is 0 Å². The molecule has 0 fully saturated rings. The molecule has 2 aromatic heterocycles. The van der Waals surface area contributed by atoms with Gasteiger partial charge in [0, 0.05) is 17.9 Å². The molecule has 1 amide bonds. The predicted molar refractivity (Wildman–Crippen MR) is 114 cm³/mol. The van der Waals surface area contributed by atoms with E-state index in [1.165, 1.54) is 28.7 Å². The van der Waals surface area contributed by atoms with Gasteiger partial charge in [0.25, 0.3) is 11.5 Å². The van der Waals surface area contributed by atoms with Crippen LogP contribution in [0.1, 0.15) is 29.0 Å². The van der Waals surface area contributed by atoms with Gasteiger partial charge in [-0.15, -0.1) is 0 Å². The summed E-state index contributed by atoms with van der Waals surface area (Å²) in [5.74, 6) is -0.870. The Kier molecular flexibility index (Phi) is 5.94. The molecule has 1 aliphatic rings. The number of rotatable bonds is 4. The number of aromatic hydroxyl groups is 1. The van der Waals surface area contributed by atoms with Crippen molar-refractivity contribution < 1.29 is 9.90 Å². The molecule has 4 rings (SSSR count). The Hall–Kier alpha value is -2.62. The van der Waals surface area contributed by atoms with Crippen LogP contribution >= 0.6 is 35.0 Å². The molecule has 0 radical (unpaired) electrons. The number of hydrogen-bond acceptors (Lipinski definition) is 7. The van der Waals surface area contributed by atoms with Gasteiger partial charge in [-0.05, 0) is 25.0 Å². The SMILES string of the molecule is O=C(Nc1cccc(Sc2cnc(Cl)cn2)c1Cl)c1c(O)nc2n(c1=O)CCCC2. The van der Waals surface area contributed by atoms with Crippen molar-refractivity contribution in [3.8, 4) is 5.88 Å². The fourth-order valence-corrected chi connectivity index (χ4v) is 4.27. The maximum absolute atomic E-state index is 12.8. The van der Waals surface area contributed by atoms with Gasteiger partial charge in [-0.25, -0.2) is 9.97 Å². The first-order chi connectivity index (χ1) is 14.4. The Bertz CT molecular complexity index is 1180. The van der Waals surface area contributed by atoms with E-state index in [1.54, 1.807) is 18.2 Å². The molecule has 2 N–H and O–H groups in total. The first-order valence-electron chi connectivity index (χ1n) is 9.02. The van der Waals surface area contributed by atoms with Crippen molar-refractivity contribution in [3.05, 3.63) is 62.5 Å². The van der Waals surface area contributed by atoms with Crippen LogP contribution in [0.4, 0.5) is 5.69 Å². The summed E-state index contributed by atoms with van der Waals surface area (Å²) in [5, 5.41) is 13.9. The molecule has 0 saturated carbocycles. The highest BCUT2D eigenvalue weighted by Gasteiger charge is 2.24. The summed E-state index contributed by atoms with van der Waals surface area (Å²) in [4.78, 5) is 38.3. The Balaban J connectivity index is 1.61. The van der Waals surface area contributed by atoms with E-state index in [0.29, 0.717) is 28.7 Å². The second kappa shape index (κ2) is 8.63. The van der Waals surface area contributed by atoms with Crippen LogP contribution in [0.25, 0.3) is 0 Å². The van der Waals surface area contributed by atoms with Crippen LogP contribution in [-0.2, 0) is 13.0 Å². The quantitative estimate of drug-likeness (QED) is 0.605. The summed E-state index contributed by atoms with van der Waals surface area (Å²) in [6.07, 6.45) is 5.22. The number of anilines is 1. The molecule has 0 aliphatic carbocycles. The van der Waals surface area contributed by atoms with Crippen LogP contribution in [0, 0.1) is 0 Å². The molecule has 30 heavy (non-hydrogen) atoms. The summed E-state index contributed by atoms with van der Waals surface area (Å²) in [6, 6.07) is 5.05. The summed E-state index contributed by atoms with van der Waals surface area (Å²) < 4.78 is 1.44. The van der Waals surface area contributed by atoms with Crippen LogP contribution in [0.2, 0.25) is 10.2 Å². The zero-order valence-corrected chi connectivity index (χ0v) is 17.8. The van der Waals surface area contributed by atoms with Crippen molar-refractivity contribution in [1.29, 1.82) is 0 Å². The van der Waals surface area contributed by atoms with E-state index < -0.39 is 22.9 Å². The fraction of sp³-hybridized carbons (Fsp3) is 0.211. The minimum absolute atomic E-state index is 0.262. The van der Waals surface area contributed by atoms with Gasteiger partial charge >= 0.3 is 0 Å². The normalized spacial score (nSPS) is 13.0. The summed E-state index contributed by atoms with van der Waals surface area (Å²) >= 11 is 13.4. The highest BCUT2D eigenvalue weighted by Crippen LogP contribution is 2.36. The lowest BCUT2D eigenvalue weighted by molar-refractivity contribution is 0.102. The molecule has 11 heteroatoms. The average molecular weight is 464 g/mol. The molecule has 0 spiro atoms. The highest BCUT2D eigenvalue weighted by atomic mass is 35.5. The maximum atomic E-state index is 12.8. The Morgan fingerprint density at radius 3 is 2.80 bits per heavy atom. The number of halogens is 2. The van der Waals surface area contributed by atoms with Crippen LogP contribution in [-0.4, -0.2) is 30.5 Å². The van der Waals surface area contributed by atoms with Crippen molar-refractivity contribution in [1.82, 2.24) is 19.5 Å². The van der Waals surface area contributed by atoms with E-state index in [1.807, 2.05) is 0 Å². The fourth-order valence-electron chi connectivity index (χ4n) is 3.10. The predicted octanol–water partition coefficient (Wildman–Crippen LogP) is 3.79. The summed E-state index contributed by atoms with van der Waals surface area (Å²) in [5.41, 5.74) is -0.679. The first kappa shape index (κ1) is 20.6. The molecule has 0 atom stereocenters. The zero-order chi connectivity index (χ0) is 21.3. The van der Waals surface area contributed by atoms with Gasteiger partial charge in [-0.1, -0.05) is 41.0 Å². The largest absolute Gasteiger partial charge is 0.493 e. The van der Waals surface area contributed by atoms with Crippen molar-refractivity contribution in [3.63, 3.8) is 0 Å². The van der Waals surface area contributed by atoms with Gasteiger partial charge < -0.3 is 10.4 Å². The number of carbonyl (C=O) groups excluding carboxylic acids is 1. The molecular weight excluding hydrogens is 449 g/mol. The third kappa shape index (κ3) is 4.14. The smallest absolute Gasteiger partial charge is 0.270 e. The molecule has 3 aromatic rings. The van der Waals surface area contributed by atoms with E-state index in [4.69, 9.17) is 23.2 Å². The number of nitrogens with one attached hydrogen (secondary N) is 1. The van der Waals surface area contributed by atoms with E-state index in [2.05, 4.69) is 20.3 Å². The van der Waals surface area contributed by atoms with E-state index in [0.717, 1.165) is 12.8 Å². The zero-order valence-electron chi connectivity index (χ0n) is 15.4. The first-order valence-corrected chi connectivity index (χ1v) is 10.6. The number of fused-ring (bicyclic) bond motifs is 1. The topological polar surface area (TPSA) is 110 Å². The standard InChI is InChI=1S/C19H15Cl2N5O3S/c20-12-8-23-14(9-22-12)30-11-5-3-4-10(16(11)21)24-17(27)15-18(28)25-13-6-1-2-7-26(13)19(15)29/h3-5,8-9,28H,1-2,6-7H2,(H,24,27). The molecule has 8 nitrogen and oxygen atoms in total. The van der Waals surface area contributed by atoms with Crippen LogP contribution < -0.4 is 10.9 Å². The third-order valence-electron chi connectivity index (χ3n) is 4.51. The van der Waals surface area contributed by atoms with Gasteiger partial charge in [-0.2, -0.15) is 4.98 Å². The van der Waals surface area contributed by atoms with Crippen LogP contribution in [0.3, 0.4) is 0 Å². The lowest BCUT2D eigenvalue weighted by Gasteiger charge is -2.18. The Labute approximate surface area is 185 Å². The van der Waals surface area contributed by atoms with Gasteiger partial charge in [0.2, 0.25) is 5.88 Å². The molecule has 154 valence electrons. The molecule has 1 aliphatic heterocycles. The Morgan fingerprint density at radius 1 is 1.20 bits per heavy atom. The minimum atomic E-state index is -0.777. The van der Waals surface area contributed by atoms with Crippen LogP contribution in [0.15, 0.2) is 45.3 Å². The van der Waals surface area contributed by atoms with Gasteiger partial charge in [-0.3, -0.25) is 14.2 Å². The molecule has 0 saturated heterocycles. The lowest BCUT2D eigenvalue weighted by atomic mass is 10.1. The third-order valence-corrected chi connectivity index (χ3v) is 6.21. The van der Waals surface area contributed by atoms with Gasteiger partial charge in [0.1, 0.15) is 16.0 Å². The number of aryl methyl sites for hydroxylation is 1. The van der Waals surface area contributed by atoms with E-state index in [9.17, 15) is 14.7 Å². The van der Waals surface area contributed by atoms with Gasteiger partial charge in [0.05, 0.1) is 23.1 Å². The van der Waals surface area contributed by atoms with Crippen molar-refractivity contribution >= 4 is 46.6 Å².